The van der Waals surface area contributed by atoms with Gasteiger partial charge in [-0.1, -0.05) is 0 Å². The number of nitrogens with zero attached hydrogens (tertiary/aromatic N) is 1. The predicted molar refractivity (Wildman–Crippen MR) is 49.5 cm³/mol. The van der Waals surface area contributed by atoms with Crippen LogP contribution in [0.1, 0.15) is 0 Å². The molecular weight excluding hydrogens is 188 g/mol. The summed E-state index contributed by atoms with van der Waals surface area (Å²) < 4.78 is 25.7. The predicted octanol–water partition coefficient (Wildman–Crippen LogP) is 1.80. The van der Waals surface area contributed by atoms with Gasteiger partial charge in [-0.2, -0.15) is 0 Å². The summed E-state index contributed by atoms with van der Waals surface area (Å²) in [5.74, 6) is 3.38. The first-order valence-corrected chi connectivity index (χ1v) is 3.93. The van der Waals surface area contributed by atoms with Crippen LogP contribution in [0.3, 0.4) is 0 Å². The largest absolute Gasteiger partial charge is 0.323 e. The lowest BCUT2D eigenvalue weighted by Crippen LogP contribution is -2.07. The van der Waals surface area contributed by atoms with Crippen molar-refractivity contribution < 1.29 is 8.78 Å². The summed E-state index contributed by atoms with van der Waals surface area (Å²) in [5.41, 5.74) is 3.26. The maximum absolute atomic E-state index is 12.9. The molecule has 2 rings (SSSR count). The fourth-order valence-corrected chi connectivity index (χ4v) is 1.27. The second-order valence-electron chi connectivity index (χ2n) is 2.79. The number of nitrogens with two attached hydrogens (primary N) is 1. The molecule has 14 heavy (non-hydrogen) atoms. The average Bonchev–Trinajstić information content (AvgIpc) is 2.19. The van der Waals surface area contributed by atoms with Crippen molar-refractivity contribution in [2.45, 2.75) is 0 Å². The number of pyridine rings is 1. The number of halogens is 2. The Morgan fingerprint density at radius 2 is 1.93 bits per heavy atom. The SMILES string of the molecule is NNc1ccnc2cc(F)c(F)cc12. The maximum atomic E-state index is 12.9. The Balaban J connectivity index is 2.81. The average molecular weight is 195 g/mol. The van der Waals surface area contributed by atoms with E-state index in [-0.39, 0.29) is 0 Å². The molecule has 1 aromatic heterocycles. The van der Waals surface area contributed by atoms with Gasteiger partial charge in [-0.15, -0.1) is 0 Å². The number of hydrazine groups is 1. The number of hydrogen-bond donors (Lipinski definition) is 2. The molecule has 3 N–H and O–H groups in total. The van der Waals surface area contributed by atoms with E-state index < -0.39 is 11.6 Å². The highest BCUT2D eigenvalue weighted by Gasteiger charge is 2.07. The summed E-state index contributed by atoms with van der Waals surface area (Å²) in [6, 6.07) is 3.68. The zero-order valence-corrected chi connectivity index (χ0v) is 7.09. The van der Waals surface area contributed by atoms with Crippen LogP contribution in [0.2, 0.25) is 0 Å². The lowest BCUT2D eigenvalue weighted by Gasteiger charge is -2.04. The quantitative estimate of drug-likeness (QED) is 0.538. The van der Waals surface area contributed by atoms with E-state index in [1.54, 1.807) is 6.07 Å². The van der Waals surface area contributed by atoms with E-state index in [1.165, 1.54) is 6.20 Å². The molecule has 5 heteroatoms. The number of rotatable bonds is 1. The lowest BCUT2D eigenvalue weighted by molar-refractivity contribution is 0.510. The molecule has 0 unspecified atom stereocenters. The van der Waals surface area contributed by atoms with Gasteiger partial charge in [-0.05, 0) is 12.1 Å². The number of nitrogen functional groups attached to an aromatic ring is 1. The fourth-order valence-electron chi connectivity index (χ4n) is 1.27. The van der Waals surface area contributed by atoms with Crippen molar-refractivity contribution in [3.63, 3.8) is 0 Å². The summed E-state index contributed by atoms with van der Waals surface area (Å²) in [5, 5.41) is 0.453. The number of anilines is 1. The standard InChI is InChI=1S/C9H7F2N3/c10-6-3-5-8(14-12)1-2-13-9(5)4-7(6)11/h1-4H,12H2,(H,13,14). The summed E-state index contributed by atoms with van der Waals surface area (Å²) in [4.78, 5) is 3.89. The van der Waals surface area contributed by atoms with Gasteiger partial charge in [0.25, 0.3) is 0 Å². The van der Waals surface area contributed by atoms with Crippen LogP contribution in [0.25, 0.3) is 10.9 Å². The van der Waals surface area contributed by atoms with Crippen molar-refractivity contribution in [3.8, 4) is 0 Å². The Morgan fingerprint density at radius 3 is 2.64 bits per heavy atom. The highest BCUT2D eigenvalue weighted by atomic mass is 19.2. The molecule has 0 saturated heterocycles. The highest BCUT2D eigenvalue weighted by molar-refractivity contribution is 5.90. The Kier molecular flexibility index (Phi) is 2.01. The lowest BCUT2D eigenvalue weighted by atomic mass is 10.2. The summed E-state index contributed by atoms with van der Waals surface area (Å²) in [7, 11) is 0. The van der Waals surface area contributed by atoms with E-state index in [0.29, 0.717) is 16.6 Å². The molecule has 3 nitrogen and oxygen atoms in total. The number of benzene rings is 1. The monoisotopic (exact) mass is 195 g/mol. The first-order valence-electron chi connectivity index (χ1n) is 3.93. The third-order valence-corrected chi connectivity index (χ3v) is 1.94. The van der Waals surface area contributed by atoms with Crippen molar-refractivity contribution >= 4 is 16.6 Å². The van der Waals surface area contributed by atoms with Crippen LogP contribution in [0.5, 0.6) is 0 Å². The van der Waals surface area contributed by atoms with Crippen LogP contribution in [0.15, 0.2) is 24.4 Å². The molecule has 0 bridgehead atoms. The van der Waals surface area contributed by atoms with Crippen LogP contribution in [0.4, 0.5) is 14.5 Å². The Bertz CT molecular complexity index is 485. The molecule has 0 aliphatic carbocycles. The molecule has 0 fully saturated rings. The van der Waals surface area contributed by atoms with E-state index in [1.807, 2.05) is 0 Å². The van der Waals surface area contributed by atoms with Crippen molar-refractivity contribution in [1.82, 2.24) is 4.98 Å². The topological polar surface area (TPSA) is 50.9 Å². The van der Waals surface area contributed by atoms with Gasteiger partial charge in [0.1, 0.15) is 0 Å². The molecule has 0 atom stereocenters. The third kappa shape index (κ3) is 1.27. The molecule has 0 amide bonds. The number of aromatic nitrogens is 1. The Hall–Kier alpha value is -1.75. The zero-order chi connectivity index (χ0) is 10.1. The highest BCUT2D eigenvalue weighted by Crippen LogP contribution is 2.22. The Labute approximate surface area is 78.5 Å². The molecule has 0 aliphatic rings. The van der Waals surface area contributed by atoms with E-state index in [4.69, 9.17) is 5.84 Å². The summed E-state index contributed by atoms with van der Waals surface area (Å²) >= 11 is 0. The fraction of sp³-hybridized carbons (Fsp3) is 0. The number of fused-ring (bicyclic) bond motifs is 1. The summed E-state index contributed by atoms with van der Waals surface area (Å²) in [6.45, 7) is 0. The molecule has 0 radical (unpaired) electrons. The van der Waals surface area contributed by atoms with Gasteiger partial charge in [0, 0.05) is 17.6 Å². The molecule has 0 spiro atoms. The van der Waals surface area contributed by atoms with Crippen molar-refractivity contribution in [1.29, 1.82) is 0 Å². The maximum Gasteiger partial charge on any atom is 0.161 e. The second-order valence-corrected chi connectivity index (χ2v) is 2.79. The van der Waals surface area contributed by atoms with Crippen LogP contribution >= 0.6 is 0 Å². The minimum atomic E-state index is -0.917. The van der Waals surface area contributed by atoms with Gasteiger partial charge in [0.2, 0.25) is 0 Å². The van der Waals surface area contributed by atoms with E-state index in [2.05, 4.69) is 10.4 Å². The van der Waals surface area contributed by atoms with Crippen molar-refractivity contribution in [2.24, 2.45) is 5.84 Å². The molecule has 1 heterocycles. The zero-order valence-electron chi connectivity index (χ0n) is 7.09. The second kappa shape index (κ2) is 3.19. The molecule has 2 aromatic rings. The third-order valence-electron chi connectivity index (χ3n) is 1.94. The number of hydrogen-bond acceptors (Lipinski definition) is 3. The van der Waals surface area contributed by atoms with Crippen molar-refractivity contribution in [2.75, 3.05) is 5.43 Å². The minimum Gasteiger partial charge on any atom is -0.323 e. The van der Waals surface area contributed by atoms with Crippen molar-refractivity contribution in [3.05, 3.63) is 36.0 Å². The van der Waals surface area contributed by atoms with Crippen LogP contribution in [0, 0.1) is 11.6 Å². The minimum absolute atomic E-state index is 0.361. The molecular formula is C9H7F2N3. The number of nitrogens with one attached hydrogen (secondary N) is 1. The van der Waals surface area contributed by atoms with Gasteiger partial charge >= 0.3 is 0 Å². The van der Waals surface area contributed by atoms with Crippen LogP contribution < -0.4 is 11.3 Å². The molecule has 1 aromatic carbocycles. The smallest absolute Gasteiger partial charge is 0.161 e. The van der Waals surface area contributed by atoms with Crippen LogP contribution in [-0.4, -0.2) is 4.98 Å². The summed E-state index contributed by atoms with van der Waals surface area (Å²) in [6.07, 6.45) is 1.47. The van der Waals surface area contributed by atoms with Gasteiger partial charge in [-0.25, -0.2) is 8.78 Å². The van der Waals surface area contributed by atoms with E-state index in [9.17, 15) is 8.78 Å². The van der Waals surface area contributed by atoms with Gasteiger partial charge in [0.15, 0.2) is 11.6 Å². The van der Waals surface area contributed by atoms with Gasteiger partial charge < -0.3 is 5.43 Å². The van der Waals surface area contributed by atoms with Gasteiger partial charge in [-0.3, -0.25) is 10.8 Å². The first-order chi connectivity index (χ1) is 6.72. The van der Waals surface area contributed by atoms with E-state index in [0.717, 1.165) is 12.1 Å². The molecule has 0 aliphatic heterocycles. The normalized spacial score (nSPS) is 10.5. The Morgan fingerprint density at radius 1 is 1.21 bits per heavy atom. The van der Waals surface area contributed by atoms with E-state index >= 15 is 0 Å². The molecule has 72 valence electrons. The first kappa shape index (κ1) is 8.83. The van der Waals surface area contributed by atoms with Crippen LogP contribution in [-0.2, 0) is 0 Å². The molecule has 0 saturated carbocycles. The van der Waals surface area contributed by atoms with Gasteiger partial charge in [0.05, 0.1) is 11.2 Å².